The van der Waals surface area contributed by atoms with Crippen LogP contribution in [0.15, 0.2) is 47.4 Å². The van der Waals surface area contributed by atoms with Crippen molar-refractivity contribution in [1.29, 1.82) is 0 Å². The molecular weight excluding hydrogens is 342 g/mol. The molecule has 1 N–H and O–H groups in total. The van der Waals surface area contributed by atoms with Crippen LogP contribution in [-0.2, 0) is 16.0 Å². The standard InChI is InChI=1S/C18H13NO5S/c1-10(20)25-14-8-4-5-11(9-15(21)22)16(14)19-17(23)12-6-2-3-7-13(12)18(19)24/h2-8H,9H2,1H3,(H,21,22). The van der Waals surface area contributed by atoms with Crippen LogP contribution in [0.1, 0.15) is 33.2 Å². The Labute approximate surface area is 147 Å². The summed E-state index contributed by atoms with van der Waals surface area (Å²) in [5.41, 5.74) is 0.984. The summed E-state index contributed by atoms with van der Waals surface area (Å²) in [7, 11) is 0. The van der Waals surface area contributed by atoms with Crippen molar-refractivity contribution in [3.63, 3.8) is 0 Å². The Morgan fingerprint density at radius 3 is 2.12 bits per heavy atom. The highest BCUT2D eigenvalue weighted by Gasteiger charge is 2.38. The summed E-state index contributed by atoms with van der Waals surface area (Å²) < 4.78 is 0. The first-order valence-corrected chi connectivity index (χ1v) is 8.21. The fraction of sp³-hybridized carbons (Fsp3) is 0.111. The monoisotopic (exact) mass is 355 g/mol. The zero-order valence-electron chi connectivity index (χ0n) is 13.2. The van der Waals surface area contributed by atoms with Crippen molar-refractivity contribution in [3.05, 3.63) is 59.2 Å². The summed E-state index contributed by atoms with van der Waals surface area (Å²) in [6.07, 6.45) is -0.366. The quantitative estimate of drug-likeness (QED) is 0.670. The Morgan fingerprint density at radius 2 is 1.60 bits per heavy atom. The van der Waals surface area contributed by atoms with Crippen LogP contribution in [0.25, 0.3) is 0 Å². The Hall–Kier alpha value is -2.93. The molecule has 2 aromatic rings. The molecule has 0 aromatic heterocycles. The van der Waals surface area contributed by atoms with Crippen molar-refractivity contribution >= 4 is 40.3 Å². The van der Waals surface area contributed by atoms with Crippen LogP contribution in [0.2, 0.25) is 0 Å². The number of fused-ring (bicyclic) bond motifs is 1. The highest BCUT2D eigenvalue weighted by atomic mass is 32.2. The molecule has 0 fully saturated rings. The molecule has 1 heterocycles. The largest absolute Gasteiger partial charge is 0.481 e. The summed E-state index contributed by atoms with van der Waals surface area (Å²) in [4.78, 5) is 49.6. The highest BCUT2D eigenvalue weighted by molar-refractivity contribution is 8.13. The van der Waals surface area contributed by atoms with Crippen LogP contribution in [0, 0.1) is 0 Å². The Balaban J connectivity index is 2.18. The van der Waals surface area contributed by atoms with Gasteiger partial charge in [0.1, 0.15) is 0 Å². The van der Waals surface area contributed by atoms with Gasteiger partial charge in [0.2, 0.25) is 0 Å². The van der Waals surface area contributed by atoms with Gasteiger partial charge >= 0.3 is 5.97 Å². The summed E-state index contributed by atoms with van der Waals surface area (Å²) in [5.74, 6) is -2.14. The molecule has 3 rings (SSSR count). The van der Waals surface area contributed by atoms with Crippen LogP contribution in [0.5, 0.6) is 0 Å². The van der Waals surface area contributed by atoms with Gasteiger partial charge in [-0.25, -0.2) is 4.90 Å². The van der Waals surface area contributed by atoms with Gasteiger partial charge in [-0.3, -0.25) is 19.2 Å². The van der Waals surface area contributed by atoms with Crippen LogP contribution in [0.3, 0.4) is 0 Å². The van der Waals surface area contributed by atoms with Crippen molar-refractivity contribution in [1.82, 2.24) is 0 Å². The van der Waals surface area contributed by atoms with Crippen LogP contribution in [0.4, 0.5) is 5.69 Å². The van der Waals surface area contributed by atoms with E-state index in [2.05, 4.69) is 0 Å². The molecule has 1 aliphatic heterocycles. The molecule has 2 aromatic carbocycles. The number of imide groups is 1. The Bertz CT molecular complexity index is 852. The lowest BCUT2D eigenvalue weighted by atomic mass is 10.1. The normalized spacial score (nSPS) is 13.1. The minimum atomic E-state index is -1.09. The van der Waals surface area contributed by atoms with E-state index in [1.54, 1.807) is 36.4 Å². The summed E-state index contributed by atoms with van der Waals surface area (Å²) >= 11 is 0.858. The zero-order valence-corrected chi connectivity index (χ0v) is 14.0. The number of hydrogen-bond donors (Lipinski definition) is 1. The molecule has 0 atom stereocenters. The number of anilines is 1. The van der Waals surface area contributed by atoms with Gasteiger partial charge in [0, 0.05) is 11.8 Å². The maximum atomic E-state index is 12.7. The van der Waals surface area contributed by atoms with Crippen molar-refractivity contribution in [2.24, 2.45) is 0 Å². The van der Waals surface area contributed by atoms with E-state index < -0.39 is 17.8 Å². The molecule has 2 amide bonds. The van der Waals surface area contributed by atoms with Crippen LogP contribution >= 0.6 is 11.8 Å². The van der Waals surface area contributed by atoms with Crippen molar-refractivity contribution in [2.45, 2.75) is 18.2 Å². The average molecular weight is 355 g/mol. The van der Waals surface area contributed by atoms with Crippen LogP contribution < -0.4 is 4.90 Å². The van der Waals surface area contributed by atoms with E-state index in [4.69, 9.17) is 5.11 Å². The van der Waals surface area contributed by atoms with E-state index in [9.17, 15) is 19.2 Å². The van der Waals surface area contributed by atoms with Crippen molar-refractivity contribution in [3.8, 4) is 0 Å². The van der Waals surface area contributed by atoms with Crippen molar-refractivity contribution < 1.29 is 24.3 Å². The van der Waals surface area contributed by atoms with Gasteiger partial charge in [-0.05, 0) is 23.8 Å². The van der Waals surface area contributed by atoms with Gasteiger partial charge in [0.05, 0.1) is 23.2 Å². The number of thioether (sulfide) groups is 1. The second-order valence-electron chi connectivity index (χ2n) is 5.42. The second kappa shape index (κ2) is 6.52. The first kappa shape index (κ1) is 16.9. The average Bonchev–Trinajstić information content (AvgIpc) is 2.79. The minimum absolute atomic E-state index is 0.163. The summed E-state index contributed by atoms with van der Waals surface area (Å²) in [6.45, 7) is 1.36. The molecule has 25 heavy (non-hydrogen) atoms. The maximum Gasteiger partial charge on any atom is 0.307 e. The van der Waals surface area contributed by atoms with Gasteiger partial charge in [-0.15, -0.1) is 0 Å². The topological polar surface area (TPSA) is 91.8 Å². The van der Waals surface area contributed by atoms with E-state index in [1.807, 2.05) is 0 Å². The fourth-order valence-corrected chi connectivity index (χ4v) is 3.53. The first-order chi connectivity index (χ1) is 11.9. The Morgan fingerprint density at radius 1 is 1.00 bits per heavy atom. The number of aliphatic carboxylic acids is 1. The van der Waals surface area contributed by atoms with E-state index in [1.165, 1.54) is 13.0 Å². The lowest BCUT2D eigenvalue weighted by Gasteiger charge is -2.20. The molecule has 7 heteroatoms. The predicted molar refractivity (Wildman–Crippen MR) is 91.9 cm³/mol. The molecule has 0 saturated carbocycles. The molecular formula is C18H13NO5S. The number of para-hydroxylation sites is 1. The summed E-state index contributed by atoms with van der Waals surface area (Å²) in [5, 5.41) is 8.92. The SMILES string of the molecule is CC(=O)Sc1cccc(CC(=O)O)c1N1C(=O)c2ccccc2C1=O. The van der Waals surface area contributed by atoms with E-state index in [0.29, 0.717) is 10.5 Å². The van der Waals surface area contributed by atoms with Gasteiger partial charge in [-0.2, -0.15) is 0 Å². The molecule has 0 bridgehead atoms. The molecule has 126 valence electrons. The predicted octanol–water partition coefficient (Wildman–Crippen LogP) is 2.75. The number of carbonyl (C=O) groups is 4. The van der Waals surface area contributed by atoms with Crippen LogP contribution in [-0.4, -0.2) is 28.0 Å². The fourth-order valence-electron chi connectivity index (χ4n) is 2.76. The number of nitrogens with zero attached hydrogens (tertiary/aromatic N) is 1. The highest BCUT2D eigenvalue weighted by Crippen LogP contribution is 2.38. The minimum Gasteiger partial charge on any atom is -0.481 e. The number of carboxylic acids is 1. The number of benzene rings is 2. The number of amides is 2. The zero-order chi connectivity index (χ0) is 18.1. The molecule has 0 unspecified atom stereocenters. The van der Waals surface area contributed by atoms with E-state index in [-0.39, 0.29) is 28.4 Å². The van der Waals surface area contributed by atoms with Gasteiger partial charge in [-0.1, -0.05) is 36.0 Å². The molecule has 6 nitrogen and oxygen atoms in total. The molecule has 0 saturated heterocycles. The van der Waals surface area contributed by atoms with E-state index in [0.717, 1.165) is 16.7 Å². The molecule has 0 aliphatic carbocycles. The first-order valence-electron chi connectivity index (χ1n) is 7.40. The number of rotatable bonds is 4. The van der Waals surface area contributed by atoms with E-state index >= 15 is 0 Å². The summed E-state index contributed by atoms with van der Waals surface area (Å²) in [6, 6.07) is 11.1. The number of hydrogen-bond acceptors (Lipinski definition) is 5. The van der Waals surface area contributed by atoms with Gasteiger partial charge in [0.25, 0.3) is 11.8 Å². The smallest absolute Gasteiger partial charge is 0.307 e. The van der Waals surface area contributed by atoms with Gasteiger partial charge in [0.15, 0.2) is 5.12 Å². The van der Waals surface area contributed by atoms with Gasteiger partial charge < -0.3 is 5.11 Å². The number of carboxylic acid groups (broad SMARTS) is 1. The third kappa shape index (κ3) is 3.06. The Kier molecular flexibility index (Phi) is 4.41. The molecule has 1 aliphatic rings. The third-order valence-electron chi connectivity index (χ3n) is 3.70. The molecule has 0 radical (unpaired) electrons. The third-order valence-corrected chi connectivity index (χ3v) is 4.53. The second-order valence-corrected chi connectivity index (χ2v) is 6.64. The van der Waals surface area contributed by atoms with Crippen molar-refractivity contribution in [2.75, 3.05) is 4.90 Å². The lowest BCUT2D eigenvalue weighted by Crippen LogP contribution is -2.31. The number of carbonyl (C=O) groups excluding carboxylic acids is 3. The maximum absolute atomic E-state index is 12.7. The lowest BCUT2D eigenvalue weighted by molar-refractivity contribution is -0.136. The molecule has 0 spiro atoms.